The molecule has 3 N–H and O–H groups in total. The summed E-state index contributed by atoms with van der Waals surface area (Å²) in [7, 11) is 0. The zero-order chi connectivity index (χ0) is 27.6. The van der Waals surface area contributed by atoms with Gasteiger partial charge in [-0.05, 0) is 55.1 Å². The molecule has 0 aliphatic heterocycles. The number of carboxylic acids is 2. The van der Waals surface area contributed by atoms with E-state index < -0.39 is 18.1 Å². The summed E-state index contributed by atoms with van der Waals surface area (Å²) in [5, 5.41) is 21.8. The third-order valence-electron chi connectivity index (χ3n) is 5.06. The van der Waals surface area contributed by atoms with E-state index in [9.17, 15) is 27.9 Å². The summed E-state index contributed by atoms with van der Waals surface area (Å²) in [6, 6.07) is 16.4. The Morgan fingerprint density at radius 3 is 2.27 bits per heavy atom. The van der Waals surface area contributed by atoms with Crippen molar-refractivity contribution in [2.45, 2.75) is 39.4 Å². The number of carbonyl (C=O) groups is 3. The SMILES string of the molecule is CCCCN(Cc1cccs1)c1ccc(NC(=O)c2cccc(C)c2)cc1C(=O)O.O=C(O)C(F)(F)F. The van der Waals surface area contributed by atoms with Crippen molar-refractivity contribution in [3.05, 3.63) is 81.5 Å². The Hall–Kier alpha value is -3.86. The van der Waals surface area contributed by atoms with Crippen LogP contribution in [0.2, 0.25) is 0 Å². The number of aromatic carboxylic acids is 1. The number of rotatable bonds is 9. The maximum Gasteiger partial charge on any atom is 0.490 e. The molecule has 11 heteroatoms. The molecule has 0 saturated heterocycles. The van der Waals surface area contributed by atoms with E-state index in [-0.39, 0.29) is 11.5 Å². The average Bonchev–Trinajstić information content (AvgIpc) is 3.35. The Labute approximate surface area is 216 Å². The highest BCUT2D eigenvalue weighted by Crippen LogP contribution is 2.28. The maximum absolute atomic E-state index is 12.6. The highest BCUT2D eigenvalue weighted by molar-refractivity contribution is 7.09. The number of anilines is 2. The fourth-order valence-corrected chi connectivity index (χ4v) is 3.99. The van der Waals surface area contributed by atoms with Gasteiger partial charge in [-0.2, -0.15) is 13.2 Å². The molecule has 1 amide bonds. The van der Waals surface area contributed by atoms with Crippen LogP contribution in [-0.4, -0.2) is 40.8 Å². The van der Waals surface area contributed by atoms with E-state index >= 15 is 0 Å². The molecule has 0 radical (unpaired) electrons. The van der Waals surface area contributed by atoms with E-state index in [1.54, 1.807) is 41.7 Å². The summed E-state index contributed by atoms with van der Waals surface area (Å²) < 4.78 is 31.7. The number of alkyl halides is 3. The number of hydrogen-bond donors (Lipinski definition) is 3. The van der Waals surface area contributed by atoms with Gasteiger partial charge in [-0.1, -0.05) is 37.1 Å². The molecule has 0 aliphatic rings. The fourth-order valence-electron chi connectivity index (χ4n) is 3.27. The Balaban J connectivity index is 0.000000604. The molecule has 1 aromatic heterocycles. The molecule has 7 nitrogen and oxygen atoms in total. The van der Waals surface area contributed by atoms with Crippen molar-refractivity contribution in [2.75, 3.05) is 16.8 Å². The number of aryl methyl sites for hydroxylation is 1. The molecule has 3 rings (SSSR count). The van der Waals surface area contributed by atoms with Gasteiger partial charge in [0.15, 0.2) is 0 Å². The van der Waals surface area contributed by atoms with Gasteiger partial charge in [0, 0.05) is 22.7 Å². The van der Waals surface area contributed by atoms with Crippen molar-refractivity contribution in [1.29, 1.82) is 0 Å². The summed E-state index contributed by atoms with van der Waals surface area (Å²) in [4.78, 5) is 36.7. The molecule has 0 spiro atoms. The van der Waals surface area contributed by atoms with Crippen LogP contribution < -0.4 is 10.2 Å². The number of amides is 1. The number of nitrogens with zero attached hydrogens (tertiary/aromatic N) is 1. The topological polar surface area (TPSA) is 107 Å². The lowest BCUT2D eigenvalue weighted by Gasteiger charge is -2.26. The van der Waals surface area contributed by atoms with Crippen molar-refractivity contribution in [2.24, 2.45) is 0 Å². The van der Waals surface area contributed by atoms with Crippen LogP contribution in [0.1, 0.15) is 50.9 Å². The molecule has 0 unspecified atom stereocenters. The van der Waals surface area contributed by atoms with Gasteiger partial charge in [-0.3, -0.25) is 4.79 Å². The van der Waals surface area contributed by atoms with Crippen LogP contribution in [0.25, 0.3) is 0 Å². The normalized spacial score (nSPS) is 10.7. The predicted octanol–water partition coefficient (Wildman–Crippen LogP) is 6.45. The first kappa shape index (κ1) is 29.4. The van der Waals surface area contributed by atoms with Gasteiger partial charge in [0.05, 0.1) is 17.8 Å². The van der Waals surface area contributed by atoms with Gasteiger partial charge in [-0.15, -0.1) is 11.3 Å². The molecule has 198 valence electrons. The van der Waals surface area contributed by atoms with Crippen molar-refractivity contribution >= 4 is 40.6 Å². The second-order valence-electron chi connectivity index (χ2n) is 8.02. The first-order valence-electron chi connectivity index (χ1n) is 11.2. The maximum atomic E-state index is 12.6. The zero-order valence-corrected chi connectivity index (χ0v) is 21.0. The second kappa shape index (κ2) is 13.4. The Morgan fingerprint density at radius 2 is 1.73 bits per heavy atom. The van der Waals surface area contributed by atoms with Crippen LogP contribution in [0.5, 0.6) is 0 Å². The highest BCUT2D eigenvalue weighted by Gasteiger charge is 2.38. The minimum absolute atomic E-state index is 0.185. The molecular weight excluding hydrogens is 509 g/mol. The minimum atomic E-state index is -5.08. The standard InChI is InChI=1S/C24H26N2O3S.C2HF3O2/c1-3-4-12-26(16-20-9-6-13-30-20)22-11-10-19(15-21(22)24(28)29)25-23(27)18-8-5-7-17(2)14-18;3-2(4,5)1(6)7/h5-11,13-15H,3-4,12,16H2,1-2H3,(H,25,27)(H,28,29);(H,6,7). The molecule has 1 heterocycles. The molecule has 37 heavy (non-hydrogen) atoms. The number of unbranched alkanes of at least 4 members (excludes halogenated alkanes) is 1. The van der Waals surface area contributed by atoms with Gasteiger partial charge in [0.25, 0.3) is 5.91 Å². The number of benzene rings is 2. The Bertz CT molecular complexity index is 1210. The van der Waals surface area contributed by atoms with E-state index in [0.29, 0.717) is 23.5 Å². The van der Waals surface area contributed by atoms with Crippen molar-refractivity contribution in [1.82, 2.24) is 0 Å². The molecule has 0 fully saturated rings. The van der Waals surface area contributed by atoms with Crippen LogP contribution in [0.3, 0.4) is 0 Å². The van der Waals surface area contributed by atoms with E-state index in [1.807, 2.05) is 30.5 Å². The fraction of sp³-hybridized carbons (Fsp3) is 0.269. The number of halogens is 3. The average molecular weight is 537 g/mol. The highest BCUT2D eigenvalue weighted by atomic mass is 32.1. The first-order valence-corrected chi connectivity index (χ1v) is 12.1. The lowest BCUT2D eigenvalue weighted by molar-refractivity contribution is -0.192. The van der Waals surface area contributed by atoms with Gasteiger partial charge < -0.3 is 20.4 Å². The summed E-state index contributed by atoms with van der Waals surface area (Å²) in [5.74, 6) is -4.03. The number of carboxylic acid groups (broad SMARTS) is 2. The lowest BCUT2D eigenvalue weighted by atomic mass is 10.1. The number of thiophene rings is 1. The molecular formula is C26H27F3N2O5S. The van der Waals surface area contributed by atoms with Gasteiger partial charge in [0.1, 0.15) is 0 Å². The third-order valence-corrected chi connectivity index (χ3v) is 5.92. The quantitative estimate of drug-likeness (QED) is 0.290. The van der Waals surface area contributed by atoms with Crippen molar-refractivity contribution < 1.29 is 37.8 Å². The van der Waals surface area contributed by atoms with Gasteiger partial charge in [0.2, 0.25) is 0 Å². The van der Waals surface area contributed by atoms with E-state index in [1.165, 1.54) is 4.88 Å². The van der Waals surface area contributed by atoms with Crippen molar-refractivity contribution in [3.8, 4) is 0 Å². The van der Waals surface area contributed by atoms with E-state index in [4.69, 9.17) is 9.90 Å². The molecule has 0 saturated carbocycles. The zero-order valence-electron chi connectivity index (χ0n) is 20.2. The summed E-state index contributed by atoms with van der Waals surface area (Å²) in [5.41, 5.74) is 2.85. The summed E-state index contributed by atoms with van der Waals surface area (Å²) in [6.07, 6.45) is -3.09. The monoisotopic (exact) mass is 536 g/mol. The number of aliphatic carboxylic acids is 1. The largest absolute Gasteiger partial charge is 0.490 e. The minimum Gasteiger partial charge on any atom is -0.478 e. The van der Waals surface area contributed by atoms with Crippen LogP contribution >= 0.6 is 11.3 Å². The molecule has 0 bridgehead atoms. The van der Waals surface area contributed by atoms with Crippen molar-refractivity contribution in [3.63, 3.8) is 0 Å². The Kier molecular flexibility index (Phi) is 10.7. The number of nitrogens with one attached hydrogen (secondary N) is 1. The first-order chi connectivity index (χ1) is 17.4. The Morgan fingerprint density at radius 1 is 1.03 bits per heavy atom. The molecule has 0 atom stereocenters. The van der Waals surface area contributed by atoms with Crippen LogP contribution in [0, 0.1) is 6.92 Å². The van der Waals surface area contributed by atoms with E-state index in [2.05, 4.69) is 23.2 Å². The number of carbonyl (C=O) groups excluding carboxylic acids is 1. The smallest absolute Gasteiger partial charge is 0.478 e. The van der Waals surface area contributed by atoms with Crippen LogP contribution in [0.4, 0.5) is 24.5 Å². The van der Waals surface area contributed by atoms with E-state index in [0.717, 1.165) is 24.9 Å². The third kappa shape index (κ3) is 9.26. The van der Waals surface area contributed by atoms with Gasteiger partial charge >= 0.3 is 18.1 Å². The molecule has 2 aromatic carbocycles. The predicted molar refractivity (Wildman–Crippen MR) is 137 cm³/mol. The number of hydrogen-bond acceptors (Lipinski definition) is 5. The lowest BCUT2D eigenvalue weighted by Crippen LogP contribution is -2.25. The van der Waals surface area contributed by atoms with Crippen LogP contribution in [0.15, 0.2) is 60.0 Å². The molecule has 3 aromatic rings. The summed E-state index contributed by atoms with van der Waals surface area (Å²) >= 11 is 1.66. The van der Waals surface area contributed by atoms with Crippen LogP contribution in [-0.2, 0) is 11.3 Å². The summed E-state index contributed by atoms with van der Waals surface area (Å²) in [6.45, 7) is 5.47. The second-order valence-corrected chi connectivity index (χ2v) is 9.05. The molecule has 0 aliphatic carbocycles. The van der Waals surface area contributed by atoms with Gasteiger partial charge in [-0.25, -0.2) is 9.59 Å².